The fourth-order valence-electron chi connectivity index (χ4n) is 2.12. The molecule has 0 aliphatic carbocycles. The molecule has 0 unspecified atom stereocenters. The summed E-state index contributed by atoms with van der Waals surface area (Å²) < 4.78 is 0. The molecule has 0 atom stereocenters. The van der Waals surface area contributed by atoms with Crippen LogP contribution in [0, 0.1) is 11.3 Å². The van der Waals surface area contributed by atoms with Gasteiger partial charge in [0.1, 0.15) is 6.07 Å². The minimum Gasteiger partial charge on any atom is -0.399 e. The van der Waals surface area contributed by atoms with Gasteiger partial charge in [0, 0.05) is 23.0 Å². The van der Waals surface area contributed by atoms with E-state index in [2.05, 4.69) is 16.4 Å². The zero-order valence-corrected chi connectivity index (χ0v) is 10.7. The number of rotatable bonds is 2. The van der Waals surface area contributed by atoms with Gasteiger partial charge in [0.25, 0.3) is 0 Å². The first kappa shape index (κ1) is 12.0. The van der Waals surface area contributed by atoms with Gasteiger partial charge in [0.2, 0.25) is 0 Å². The number of aromatic nitrogens is 1. The Morgan fingerprint density at radius 1 is 1.10 bits per heavy atom. The number of nitrogens with zero attached hydrogens (tertiary/aromatic N) is 2. The highest BCUT2D eigenvalue weighted by Gasteiger charge is 2.08. The number of pyridine rings is 1. The van der Waals surface area contributed by atoms with E-state index in [4.69, 9.17) is 5.73 Å². The van der Waals surface area contributed by atoms with E-state index in [-0.39, 0.29) is 0 Å². The van der Waals surface area contributed by atoms with Crippen molar-refractivity contribution < 1.29 is 0 Å². The number of hydrogen-bond acceptors (Lipinski definition) is 4. The topological polar surface area (TPSA) is 74.7 Å². The predicted molar refractivity (Wildman–Crippen MR) is 80.6 cm³/mol. The van der Waals surface area contributed by atoms with Crippen LogP contribution in [0.15, 0.2) is 54.7 Å². The van der Waals surface area contributed by atoms with Crippen molar-refractivity contribution in [2.45, 2.75) is 0 Å². The predicted octanol–water partition coefficient (Wildman–Crippen LogP) is 3.43. The van der Waals surface area contributed by atoms with Crippen molar-refractivity contribution in [2.24, 2.45) is 0 Å². The van der Waals surface area contributed by atoms with Crippen molar-refractivity contribution in [3.63, 3.8) is 0 Å². The largest absolute Gasteiger partial charge is 0.399 e. The second-order valence-corrected chi connectivity index (χ2v) is 4.43. The quantitative estimate of drug-likeness (QED) is 0.692. The zero-order valence-electron chi connectivity index (χ0n) is 10.7. The van der Waals surface area contributed by atoms with Crippen molar-refractivity contribution in [3.05, 3.63) is 60.3 Å². The molecule has 20 heavy (non-hydrogen) atoms. The van der Waals surface area contributed by atoms with Crippen molar-refractivity contribution in [3.8, 4) is 6.07 Å². The van der Waals surface area contributed by atoms with Crippen LogP contribution in [0.2, 0.25) is 0 Å². The molecule has 0 radical (unpaired) electrons. The molecule has 0 fully saturated rings. The van der Waals surface area contributed by atoms with Gasteiger partial charge in [0.15, 0.2) is 0 Å². The van der Waals surface area contributed by atoms with Crippen molar-refractivity contribution in [1.29, 1.82) is 5.26 Å². The summed E-state index contributed by atoms with van der Waals surface area (Å²) in [5.41, 5.74) is 9.40. The lowest BCUT2D eigenvalue weighted by molar-refractivity contribution is 1.36. The summed E-state index contributed by atoms with van der Waals surface area (Å²) in [6, 6.07) is 17.3. The van der Waals surface area contributed by atoms with E-state index < -0.39 is 0 Å². The Balaban J connectivity index is 2.17. The van der Waals surface area contributed by atoms with Crippen LogP contribution in [0.1, 0.15) is 5.56 Å². The molecular formula is C16H12N4. The van der Waals surface area contributed by atoms with Gasteiger partial charge in [-0.1, -0.05) is 24.3 Å². The van der Waals surface area contributed by atoms with Gasteiger partial charge in [-0.15, -0.1) is 0 Å². The van der Waals surface area contributed by atoms with Crippen molar-refractivity contribution in [1.82, 2.24) is 4.98 Å². The molecule has 0 aliphatic heterocycles. The molecule has 4 heteroatoms. The smallest absolute Gasteiger partial charge is 0.103 e. The zero-order chi connectivity index (χ0) is 13.9. The lowest BCUT2D eigenvalue weighted by Crippen LogP contribution is -1.97. The monoisotopic (exact) mass is 260 g/mol. The SMILES string of the molecule is N#Cc1cnc2ccccc2c1Nc1cccc(N)c1. The van der Waals surface area contributed by atoms with E-state index in [1.54, 1.807) is 6.20 Å². The van der Waals surface area contributed by atoms with Gasteiger partial charge in [-0.3, -0.25) is 4.98 Å². The molecule has 0 bridgehead atoms. The van der Waals surface area contributed by atoms with E-state index in [0.29, 0.717) is 11.3 Å². The number of anilines is 3. The maximum atomic E-state index is 9.26. The van der Waals surface area contributed by atoms with E-state index in [1.165, 1.54) is 0 Å². The van der Waals surface area contributed by atoms with Gasteiger partial charge in [-0.05, 0) is 24.3 Å². The van der Waals surface area contributed by atoms with Crippen LogP contribution in [0.4, 0.5) is 17.1 Å². The molecule has 4 nitrogen and oxygen atoms in total. The van der Waals surface area contributed by atoms with Crippen LogP contribution in [-0.4, -0.2) is 4.98 Å². The molecule has 0 saturated heterocycles. The minimum absolute atomic E-state index is 0.506. The highest BCUT2D eigenvalue weighted by molar-refractivity contribution is 5.95. The standard InChI is InChI=1S/C16H12N4/c17-9-11-10-19-15-7-2-1-6-14(15)16(11)20-13-5-3-4-12(18)8-13/h1-8,10H,18H2,(H,19,20). The molecule has 1 aromatic heterocycles. The summed E-state index contributed by atoms with van der Waals surface area (Å²) >= 11 is 0. The van der Waals surface area contributed by atoms with E-state index >= 15 is 0 Å². The second-order valence-electron chi connectivity index (χ2n) is 4.43. The third-order valence-corrected chi connectivity index (χ3v) is 3.05. The third-order valence-electron chi connectivity index (χ3n) is 3.05. The van der Waals surface area contributed by atoms with Crippen LogP contribution in [0.25, 0.3) is 10.9 Å². The Morgan fingerprint density at radius 3 is 2.75 bits per heavy atom. The molecule has 1 heterocycles. The molecular weight excluding hydrogens is 248 g/mol. The normalized spacial score (nSPS) is 10.2. The Kier molecular flexibility index (Phi) is 2.94. The number of fused-ring (bicyclic) bond motifs is 1. The highest BCUT2D eigenvalue weighted by Crippen LogP contribution is 2.29. The number of nitriles is 1. The number of nitrogen functional groups attached to an aromatic ring is 1. The van der Waals surface area contributed by atoms with Gasteiger partial charge in [-0.25, -0.2) is 0 Å². The average molecular weight is 260 g/mol. The molecule has 3 N–H and O–H groups in total. The van der Waals surface area contributed by atoms with Crippen LogP contribution in [0.3, 0.4) is 0 Å². The Labute approximate surface area is 116 Å². The molecule has 0 spiro atoms. The van der Waals surface area contributed by atoms with Gasteiger partial charge in [0.05, 0.1) is 16.8 Å². The number of nitrogens with two attached hydrogens (primary N) is 1. The second kappa shape index (κ2) is 4.90. The molecule has 2 aromatic carbocycles. The third kappa shape index (κ3) is 2.13. The Bertz CT molecular complexity index is 818. The number of benzene rings is 2. The lowest BCUT2D eigenvalue weighted by Gasteiger charge is -2.11. The van der Waals surface area contributed by atoms with Gasteiger partial charge in [-0.2, -0.15) is 5.26 Å². The first-order chi connectivity index (χ1) is 9.78. The summed E-state index contributed by atoms with van der Waals surface area (Å²) in [7, 11) is 0. The summed E-state index contributed by atoms with van der Waals surface area (Å²) in [4.78, 5) is 4.28. The summed E-state index contributed by atoms with van der Waals surface area (Å²) in [6.45, 7) is 0. The molecule has 96 valence electrons. The van der Waals surface area contributed by atoms with Crippen molar-refractivity contribution >= 4 is 28.0 Å². The van der Waals surface area contributed by atoms with E-state index in [0.717, 1.165) is 22.3 Å². The fourth-order valence-corrected chi connectivity index (χ4v) is 2.12. The number of hydrogen-bond donors (Lipinski definition) is 2. The van der Waals surface area contributed by atoms with Crippen molar-refractivity contribution in [2.75, 3.05) is 11.1 Å². The minimum atomic E-state index is 0.506. The van der Waals surface area contributed by atoms with Crippen LogP contribution in [0.5, 0.6) is 0 Å². The van der Waals surface area contributed by atoms with Crippen LogP contribution >= 0.6 is 0 Å². The Morgan fingerprint density at radius 2 is 1.95 bits per heavy atom. The first-order valence-corrected chi connectivity index (χ1v) is 6.18. The molecule has 3 rings (SSSR count). The summed E-state index contributed by atoms with van der Waals surface area (Å²) in [5.74, 6) is 0. The Hall–Kier alpha value is -3.06. The van der Waals surface area contributed by atoms with Gasteiger partial charge >= 0.3 is 0 Å². The number of nitrogens with one attached hydrogen (secondary N) is 1. The number of para-hydroxylation sites is 1. The summed E-state index contributed by atoms with van der Waals surface area (Å²) in [5, 5.41) is 13.4. The first-order valence-electron chi connectivity index (χ1n) is 6.18. The molecule has 0 aliphatic rings. The van der Waals surface area contributed by atoms with Crippen LogP contribution in [-0.2, 0) is 0 Å². The van der Waals surface area contributed by atoms with Gasteiger partial charge < -0.3 is 11.1 Å². The maximum Gasteiger partial charge on any atom is 0.103 e. The van der Waals surface area contributed by atoms with E-state index in [9.17, 15) is 5.26 Å². The lowest BCUT2D eigenvalue weighted by atomic mass is 10.1. The average Bonchev–Trinajstić information content (AvgIpc) is 2.48. The van der Waals surface area contributed by atoms with E-state index in [1.807, 2.05) is 48.5 Å². The molecule has 3 aromatic rings. The highest BCUT2D eigenvalue weighted by atomic mass is 14.9. The fraction of sp³-hybridized carbons (Fsp3) is 0. The summed E-state index contributed by atoms with van der Waals surface area (Å²) in [6.07, 6.45) is 1.58. The molecule has 0 saturated carbocycles. The molecule has 0 amide bonds. The van der Waals surface area contributed by atoms with Crippen LogP contribution < -0.4 is 11.1 Å². The maximum absolute atomic E-state index is 9.26.